The number of halogens is 2. The highest BCUT2D eigenvalue weighted by Crippen LogP contribution is 2.29. The monoisotopic (exact) mass is 408 g/mol. The van der Waals surface area contributed by atoms with Crippen LogP contribution in [-0.4, -0.2) is 47.1 Å². The molecule has 4 amide bonds. The molecule has 0 atom stereocenters. The zero-order chi connectivity index (χ0) is 19.6. The van der Waals surface area contributed by atoms with Crippen LogP contribution in [0.2, 0.25) is 10.0 Å². The molecule has 1 saturated heterocycles. The number of amides is 4. The number of nitrogens with zero attached hydrogens (tertiary/aromatic N) is 3. The first-order chi connectivity index (χ1) is 12.9. The largest absolute Gasteiger partial charge is 0.455 e. The van der Waals surface area contributed by atoms with Crippen molar-refractivity contribution in [2.75, 3.05) is 13.1 Å². The van der Waals surface area contributed by atoms with E-state index >= 15 is 0 Å². The van der Waals surface area contributed by atoms with Crippen LogP contribution in [0, 0.1) is 0 Å². The van der Waals surface area contributed by atoms with Crippen LogP contribution in [-0.2, 0) is 9.59 Å². The van der Waals surface area contributed by atoms with Gasteiger partial charge in [0.05, 0.1) is 16.3 Å². The summed E-state index contributed by atoms with van der Waals surface area (Å²) in [6.45, 7) is -0.283. The molecule has 8 nitrogen and oxygen atoms in total. The maximum Gasteiger partial charge on any atom is 0.354 e. The van der Waals surface area contributed by atoms with Crippen molar-refractivity contribution in [2.24, 2.45) is 10.8 Å². The molecule has 0 saturated carbocycles. The van der Waals surface area contributed by atoms with E-state index in [2.05, 4.69) is 5.10 Å². The molecule has 27 heavy (non-hydrogen) atoms. The third-order valence-electron chi connectivity index (χ3n) is 3.71. The molecule has 1 aliphatic rings. The molecular weight excluding hydrogens is 395 g/mol. The molecule has 1 aromatic heterocycles. The molecule has 2 heterocycles. The minimum absolute atomic E-state index is 0.0447. The van der Waals surface area contributed by atoms with Crippen molar-refractivity contribution in [1.29, 1.82) is 0 Å². The normalized spacial score (nSPS) is 14.6. The summed E-state index contributed by atoms with van der Waals surface area (Å²) >= 11 is 11.9. The van der Waals surface area contributed by atoms with Crippen LogP contribution in [0.25, 0.3) is 11.3 Å². The van der Waals surface area contributed by atoms with Crippen molar-refractivity contribution in [1.82, 2.24) is 9.91 Å². The van der Waals surface area contributed by atoms with Gasteiger partial charge in [-0.1, -0.05) is 23.2 Å². The number of hydrogen-bond acceptors (Lipinski definition) is 6. The van der Waals surface area contributed by atoms with E-state index in [1.807, 2.05) is 0 Å². The van der Waals surface area contributed by atoms with E-state index in [-0.39, 0.29) is 19.5 Å². The summed E-state index contributed by atoms with van der Waals surface area (Å²) in [7, 11) is 0. The molecule has 0 bridgehead atoms. The fraction of sp³-hybridized carbons (Fsp3) is 0.176. The van der Waals surface area contributed by atoms with Crippen LogP contribution in [0.5, 0.6) is 0 Å². The lowest BCUT2D eigenvalue weighted by molar-refractivity contribution is -0.138. The maximum atomic E-state index is 12.1. The van der Waals surface area contributed by atoms with E-state index < -0.39 is 17.8 Å². The Hall–Kier alpha value is -2.68. The lowest BCUT2D eigenvalue weighted by atomic mass is 10.2. The summed E-state index contributed by atoms with van der Waals surface area (Å²) in [5, 5.41) is 5.64. The fourth-order valence-electron chi connectivity index (χ4n) is 2.41. The molecule has 0 unspecified atom stereocenters. The first kappa shape index (κ1) is 19.1. The van der Waals surface area contributed by atoms with Crippen LogP contribution < -0.4 is 5.73 Å². The van der Waals surface area contributed by atoms with Gasteiger partial charge in [0.15, 0.2) is 0 Å². The Morgan fingerprint density at radius 1 is 1.22 bits per heavy atom. The average Bonchev–Trinajstić information content (AvgIpc) is 3.20. The Labute approximate surface area is 164 Å². The fourth-order valence-corrected chi connectivity index (χ4v) is 2.71. The number of urea groups is 1. The maximum absolute atomic E-state index is 12.1. The van der Waals surface area contributed by atoms with Crippen molar-refractivity contribution < 1.29 is 18.8 Å². The topological polar surface area (TPSA) is 109 Å². The number of furan rings is 1. The summed E-state index contributed by atoms with van der Waals surface area (Å²) < 4.78 is 5.63. The minimum Gasteiger partial charge on any atom is -0.455 e. The highest BCUT2D eigenvalue weighted by atomic mass is 35.5. The van der Waals surface area contributed by atoms with Crippen molar-refractivity contribution in [3.05, 3.63) is 46.1 Å². The van der Waals surface area contributed by atoms with Crippen LogP contribution >= 0.6 is 23.2 Å². The van der Waals surface area contributed by atoms with Gasteiger partial charge in [0.2, 0.25) is 5.91 Å². The number of nitrogens with two attached hydrogens (primary N) is 1. The first-order valence-corrected chi connectivity index (χ1v) is 8.63. The summed E-state index contributed by atoms with van der Waals surface area (Å²) in [6, 6.07) is 7.59. The Bertz CT molecular complexity index is 941. The number of imide groups is 3. The van der Waals surface area contributed by atoms with Crippen molar-refractivity contribution in [3.8, 4) is 11.3 Å². The Balaban J connectivity index is 1.73. The van der Waals surface area contributed by atoms with Gasteiger partial charge in [-0.05, 0) is 30.3 Å². The lowest BCUT2D eigenvalue weighted by Gasteiger charge is -2.11. The predicted octanol–water partition coefficient (Wildman–Crippen LogP) is 2.73. The standard InChI is InChI=1S/C17H14Cl2N4O4/c18-12-3-1-10(7-13(12)19)14-4-2-11(27-14)8-21-22-9-16(25)23(17(22)26)15(24)5-6-20/h1-4,7-8H,5-6,9,20H2. The Kier molecular flexibility index (Phi) is 5.59. The molecule has 140 valence electrons. The van der Waals surface area contributed by atoms with Gasteiger partial charge in [0.1, 0.15) is 18.1 Å². The van der Waals surface area contributed by atoms with Gasteiger partial charge in [0.25, 0.3) is 5.91 Å². The number of rotatable bonds is 5. The van der Waals surface area contributed by atoms with E-state index in [0.29, 0.717) is 26.5 Å². The van der Waals surface area contributed by atoms with Gasteiger partial charge in [0, 0.05) is 18.5 Å². The van der Waals surface area contributed by atoms with Crippen LogP contribution in [0.3, 0.4) is 0 Å². The highest BCUT2D eigenvalue weighted by Gasteiger charge is 2.40. The molecule has 2 aromatic rings. The number of hydrazone groups is 1. The number of benzene rings is 1. The van der Waals surface area contributed by atoms with Crippen LogP contribution in [0.1, 0.15) is 12.2 Å². The van der Waals surface area contributed by atoms with E-state index in [0.717, 1.165) is 10.6 Å². The summed E-state index contributed by atoms with van der Waals surface area (Å²) in [6.07, 6.45) is 1.18. The third-order valence-corrected chi connectivity index (χ3v) is 4.45. The number of carbonyl (C=O) groups excluding carboxylic acids is 3. The first-order valence-electron chi connectivity index (χ1n) is 7.87. The zero-order valence-electron chi connectivity index (χ0n) is 13.9. The molecule has 0 radical (unpaired) electrons. The predicted molar refractivity (Wildman–Crippen MR) is 99.4 cm³/mol. The van der Waals surface area contributed by atoms with Crippen LogP contribution in [0.4, 0.5) is 4.79 Å². The Morgan fingerprint density at radius 3 is 2.70 bits per heavy atom. The summed E-state index contributed by atoms with van der Waals surface area (Å²) in [5.41, 5.74) is 6.00. The Morgan fingerprint density at radius 2 is 2.00 bits per heavy atom. The second-order valence-electron chi connectivity index (χ2n) is 5.58. The van der Waals surface area contributed by atoms with Gasteiger partial charge in [-0.15, -0.1) is 0 Å². The summed E-state index contributed by atoms with van der Waals surface area (Å²) in [4.78, 5) is 36.3. The average molecular weight is 409 g/mol. The van der Waals surface area contributed by atoms with Crippen molar-refractivity contribution in [3.63, 3.8) is 0 Å². The summed E-state index contributed by atoms with van der Waals surface area (Å²) in [5.74, 6) is -0.418. The second-order valence-corrected chi connectivity index (χ2v) is 6.39. The lowest BCUT2D eigenvalue weighted by Crippen LogP contribution is -2.38. The molecule has 3 rings (SSSR count). The van der Waals surface area contributed by atoms with E-state index in [4.69, 9.17) is 33.4 Å². The quantitative estimate of drug-likeness (QED) is 0.603. The molecule has 10 heteroatoms. The minimum atomic E-state index is -0.814. The molecular formula is C17H14Cl2N4O4. The van der Waals surface area contributed by atoms with E-state index in [9.17, 15) is 14.4 Å². The second kappa shape index (κ2) is 7.91. The highest BCUT2D eigenvalue weighted by molar-refractivity contribution is 6.42. The number of carbonyl (C=O) groups is 3. The van der Waals surface area contributed by atoms with Gasteiger partial charge < -0.3 is 10.2 Å². The van der Waals surface area contributed by atoms with Gasteiger partial charge in [-0.25, -0.2) is 9.80 Å². The molecule has 0 spiro atoms. The molecule has 1 fully saturated rings. The zero-order valence-corrected chi connectivity index (χ0v) is 15.4. The van der Waals surface area contributed by atoms with Gasteiger partial charge in [-0.3, -0.25) is 9.59 Å². The van der Waals surface area contributed by atoms with E-state index in [1.165, 1.54) is 6.21 Å². The smallest absolute Gasteiger partial charge is 0.354 e. The SMILES string of the molecule is NCCC(=O)N1C(=O)CN(N=Cc2ccc(-c3ccc(Cl)c(Cl)c3)o2)C1=O. The molecule has 0 aliphatic carbocycles. The molecule has 2 N–H and O–H groups in total. The number of hydrogen-bond donors (Lipinski definition) is 1. The van der Waals surface area contributed by atoms with Crippen molar-refractivity contribution in [2.45, 2.75) is 6.42 Å². The van der Waals surface area contributed by atoms with Gasteiger partial charge >= 0.3 is 6.03 Å². The third kappa shape index (κ3) is 4.02. The van der Waals surface area contributed by atoms with Crippen molar-refractivity contribution >= 4 is 47.3 Å². The van der Waals surface area contributed by atoms with E-state index in [1.54, 1.807) is 30.3 Å². The molecule has 1 aliphatic heterocycles. The molecule has 1 aromatic carbocycles. The van der Waals surface area contributed by atoms with Gasteiger partial charge in [-0.2, -0.15) is 10.0 Å². The van der Waals surface area contributed by atoms with Crippen LogP contribution in [0.15, 0.2) is 39.9 Å².